The fourth-order valence-electron chi connectivity index (χ4n) is 1.90. The van der Waals surface area contributed by atoms with Crippen LogP contribution in [0.15, 0.2) is 18.2 Å². The predicted octanol–water partition coefficient (Wildman–Crippen LogP) is 2.84. The third kappa shape index (κ3) is 4.40. The van der Waals surface area contributed by atoms with Crippen LogP contribution in [0.2, 0.25) is 0 Å². The first-order chi connectivity index (χ1) is 8.90. The van der Waals surface area contributed by atoms with Crippen LogP contribution in [0.1, 0.15) is 36.4 Å². The number of unbranched alkanes of at least 4 members (excludes halogenated alkanes) is 1. The first-order valence-electron chi connectivity index (χ1n) is 6.11. The van der Waals surface area contributed by atoms with E-state index < -0.39 is 17.8 Å². The molecule has 19 heavy (non-hydrogen) atoms. The SMILES string of the molecule is COc1ccc([C@@H](N)CCCCN)c(C(F)(F)F)c1. The van der Waals surface area contributed by atoms with Crippen LogP contribution in [0.3, 0.4) is 0 Å². The van der Waals surface area contributed by atoms with E-state index in [4.69, 9.17) is 16.2 Å². The second-order valence-electron chi connectivity index (χ2n) is 4.34. The van der Waals surface area contributed by atoms with Gasteiger partial charge in [0.2, 0.25) is 0 Å². The molecule has 0 aromatic heterocycles. The summed E-state index contributed by atoms with van der Waals surface area (Å²) in [6.07, 6.45) is -2.49. The number of halogens is 3. The van der Waals surface area contributed by atoms with Gasteiger partial charge >= 0.3 is 6.18 Å². The largest absolute Gasteiger partial charge is 0.497 e. The van der Waals surface area contributed by atoms with Crippen molar-refractivity contribution in [3.05, 3.63) is 29.3 Å². The molecule has 0 spiro atoms. The minimum atomic E-state index is -4.44. The fraction of sp³-hybridized carbons (Fsp3) is 0.538. The number of hydrogen-bond acceptors (Lipinski definition) is 3. The van der Waals surface area contributed by atoms with Gasteiger partial charge in [0.25, 0.3) is 0 Å². The van der Waals surface area contributed by atoms with Crippen molar-refractivity contribution in [2.24, 2.45) is 11.5 Å². The lowest BCUT2D eigenvalue weighted by Gasteiger charge is -2.19. The Bertz CT molecular complexity index is 407. The Morgan fingerprint density at radius 2 is 1.95 bits per heavy atom. The molecule has 0 heterocycles. The Kier molecular flexibility index (Phi) is 5.62. The van der Waals surface area contributed by atoms with Crippen LogP contribution in [0.4, 0.5) is 13.2 Å². The molecule has 0 unspecified atom stereocenters. The quantitative estimate of drug-likeness (QED) is 0.785. The number of nitrogens with two attached hydrogens (primary N) is 2. The Labute approximate surface area is 110 Å². The highest BCUT2D eigenvalue weighted by Crippen LogP contribution is 2.37. The molecule has 0 aliphatic heterocycles. The van der Waals surface area contributed by atoms with E-state index in [0.717, 1.165) is 12.5 Å². The van der Waals surface area contributed by atoms with Crippen LogP contribution in [-0.4, -0.2) is 13.7 Å². The Balaban J connectivity index is 2.98. The van der Waals surface area contributed by atoms with Gasteiger partial charge in [0.1, 0.15) is 5.75 Å². The topological polar surface area (TPSA) is 61.3 Å². The summed E-state index contributed by atoms with van der Waals surface area (Å²) in [7, 11) is 1.33. The molecule has 0 saturated heterocycles. The van der Waals surface area contributed by atoms with E-state index in [-0.39, 0.29) is 11.3 Å². The average molecular weight is 276 g/mol. The Morgan fingerprint density at radius 1 is 1.26 bits per heavy atom. The van der Waals surface area contributed by atoms with Gasteiger partial charge in [-0.05, 0) is 37.1 Å². The van der Waals surface area contributed by atoms with E-state index in [2.05, 4.69) is 0 Å². The van der Waals surface area contributed by atoms with Gasteiger partial charge in [0.15, 0.2) is 0 Å². The van der Waals surface area contributed by atoms with Crippen LogP contribution in [0.25, 0.3) is 0 Å². The Hall–Kier alpha value is -1.27. The highest BCUT2D eigenvalue weighted by atomic mass is 19.4. The second kappa shape index (κ2) is 6.77. The molecule has 0 aliphatic rings. The van der Waals surface area contributed by atoms with Gasteiger partial charge in [-0.2, -0.15) is 13.2 Å². The zero-order valence-electron chi connectivity index (χ0n) is 10.8. The molecule has 3 nitrogen and oxygen atoms in total. The van der Waals surface area contributed by atoms with Gasteiger partial charge in [-0.25, -0.2) is 0 Å². The summed E-state index contributed by atoms with van der Waals surface area (Å²) in [5.41, 5.74) is 10.6. The molecule has 4 N–H and O–H groups in total. The first-order valence-corrected chi connectivity index (χ1v) is 6.11. The van der Waals surface area contributed by atoms with E-state index in [9.17, 15) is 13.2 Å². The number of ether oxygens (including phenoxy) is 1. The normalized spacial score (nSPS) is 13.4. The minimum Gasteiger partial charge on any atom is -0.497 e. The van der Waals surface area contributed by atoms with Crippen molar-refractivity contribution >= 4 is 0 Å². The molecule has 0 aliphatic carbocycles. The maximum atomic E-state index is 13.0. The molecule has 6 heteroatoms. The van der Waals surface area contributed by atoms with Gasteiger partial charge in [-0.3, -0.25) is 0 Å². The molecular weight excluding hydrogens is 257 g/mol. The van der Waals surface area contributed by atoms with Crippen LogP contribution in [0, 0.1) is 0 Å². The standard InChI is InChI=1S/C13H19F3N2O/c1-19-9-5-6-10(11(8-9)13(14,15)16)12(18)4-2-3-7-17/h5-6,8,12H,2-4,7,17-18H2,1H3/t12-/m0/s1. The van der Waals surface area contributed by atoms with Gasteiger partial charge < -0.3 is 16.2 Å². The lowest BCUT2D eigenvalue weighted by atomic mass is 9.96. The second-order valence-corrected chi connectivity index (χ2v) is 4.34. The zero-order chi connectivity index (χ0) is 14.5. The number of methoxy groups -OCH3 is 1. The maximum Gasteiger partial charge on any atom is 0.416 e. The third-order valence-corrected chi connectivity index (χ3v) is 2.93. The number of rotatable bonds is 6. The molecule has 1 rings (SSSR count). The van der Waals surface area contributed by atoms with Crippen molar-refractivity contribution in [2.45, 2.75) is 31.5 Å². The molecule has 0 saturated carbocycles. The molecule has 0 bridgehead atoms. The van der Waals surface area contributed by atoms with E-state index in [1.54, 1.807) is 0 Å². The molecule has 108 valence electrons. The maximum absolute atomic E-state index is 13.0. The molecular formula is C13H19F3N2O. The molecule has 1 aromatic rings. The minimum absolute atomic E-state index is 0.102. The lowest BCUT2D eigenvalue weighted by Crippen LogP contribution is -2.18. The number of benzene rings is 1. The van der Waals surface area contributed by atoms with Crippen LogP contribution < -0.4 is 16.2 Å². The molecule has 0 fully saturated rings. The van der Waals surface area contributed by atoms with Crippen molar-refractivity contribution in [3.8, 4) is 5.75 Å². The van der Waals surface area contributed by atoms with Gasteiger partial charge in [0, 0.05) is 6.04 Å². The summed E-state index contributed by atoms with van der Waals surface area (Å²) in [4.78, 5) is 0. The third-order valence-electron chi connectivity index (χ3n) is 2.93. The van der Waals surface area contributed by atoms with Gasteiger partial charge in [-0.1, -0.05) is 12.5 Å². The first kappa shape index (κ1) is 15.8. The van der Waals surface area contributed by atoms with Crippen molar-refractivity contribution < 1.29 is 17.9 Å². The smallest absolute Gasteiger partial charge is 0.416 e. The number of hydrogen-bond donors (Lipinski definition) is 2. The average Bonchev–Trinajstić information content (AvgIpc) is 2.37. The van der Waals surface area contributed by atoms with Crippen LogP contribution >= 0.6 is 0 Å². The fourth-order valence-corrected chi connectivity index (χ4v) is 1.90. The summed E-state index contributed by atoms with van der Waals surface area (Å²) in [5.74, 6) is 0.172. The molecule has 0 radical (unpaired) electrons. The van der Waals surface area contributed by atoms with Crippen molar-refractivity contribution in [2.75, 3.05) is 13.7 Å². The van der Waals surface area contributed by atoms with E-state index >= 15 is 0 Å². The van der Waals surface area contributed by atoms with Crippen LogP contribution in [0.5, 0.6) is 5.75 Å². The molecule has 0 amide bonds. The summed E-state index contributed by atoms with van der Waals surface area (Å²) in [5, 5.41) is 0. The summed E-state index contributed by atoms with van der Waals surface area (Å²) < 4.78 is 43.8. The van der Waals surface area contributed by atoms with Gasteiger partial charge in [0.05, 0.1) is 12.7 Å². The van der Waals surface area contributed by atoms with Crippen molar-refractivity contribution in [1.29, 1.82) is 0 Å². The summed E-state index contributed by atoms with van der Waals surface area (Å²) in [6, 6.07) is 3.22. The summed E-state index contributed by atoms with van der Waals surface area (Å²) in [6.45, 7) is 0.515. The predicted molar refractivity (Wildman–Crippen MR) is 67.8 cm³/mol. The zero-order valence-corrected chi connectivity index (χ0v) is 10.8. The monoisotopic (exact) mass is 276 g/mol. The lowest BCUT2D eigenvalue weighted by molar-refractivity contribution is -0.138. The van der Waals surface area contributed by atoms with Gasteiger partial charge in [-0.15, -0.1) is 0 Å². The highest BCUT2D eigenvalue weighted by molar-refractivity contribution is 5.39. The van der Waals surface area contributed by atoms with Crippen LogP contribution in [-0.2, 0) is 6.18 Å². The summed E-state index contributed by atoms with van der Waals surface area (Å²) >= 11 is 0. The van der Waals surface area contributed by atoms with Crippen molar-refractivity contribution in [1.82, 2.24) is 0 Å². The van der Waals surface area contributed by atoms with E-state index in [1.807, 2.05) is 0 Å². The Morgan fingerprint density at radius 3 is 2.47 bits per heavy atom. The number of alkyl halides is 3. The van der Waals surface area contributed by atoms with E-state index in [1.165, 1.54) is 19.2 Å². The van der Waals surface area contributed by atoms with Crippen molar-refractivity contribution in [3.63, 3.8) is 0 Å². The highest BCUT2D eigenvalue weighted by Gasteiger charge is 2.35. The molecule has 1 atom stereocenters. The molecule has 1 aromatic carbocycles. The van der Waals surface area contributed by atoms with E-state index in [0.29, 0.717) is 19.4 Å².